The first kappa shape index (κ1) is 12.3. The molecule has 4 heteroatoms. The SMILES string of the molecule is CN(Cc1scnc1C1CC1)C1CC2CCC(C1)N2. The van der Waals surface area contributed by atoms with E-state index in [4.69, 9.17) is 0 Å². The second kappa shape index (κ2) is 4.83. The Hall–Kier alpha value is -0.450. The summed E-state index contributed by atoms with van der Waals surface area (Å²) in [5.74, 6) is 0.791. The van der Waals surface area contributed by atoms with Crippen LogP contribution in [0.25, 0.3) is 0 Å². The highest BCUT2D eigenvalue weighted by Gasteiger charge is 2.35. The Kier molecular flexibility index (Phi) is 3.13. The molecule has 2 bridgehead atoms. The van der Waals surface area contributed by atoms with Gasteiger partial charge in [-0.3, -0.25) is 4.90 Å². The lowest BCUT2D eigenvalue weighted by Crippen LogP contribution is -2.46. The van der Waals surface area contributed by atoms with Gasteiger partial charge in [0, 0.05) is 35.5 Å². The van der Waals surface area contributed by atoms with Gasteiger partial charge >= 0.3 is 0 Å². The van der Waals surface area contributed by atoms with E-state index in [-0.39, 0.29) is 0 Å². The summed E-state index contributed by atoms with van der Waals surface area (Å²) in [7, 11) is 2.31. The third kappa shape index (κ3) is 2.46. The van der Waals surface area contributed by atoms with Crippen LogP contribution in [0.4, 0.5) is 0 Å². The molecule has 19 heavy (non-hydrogen) atoms. The summed E-state index contributed by atoms with van der Waals surface area (Å²) in [6.45, 7) is 1.11. The maximum atomic E-state index is 4.60. The van der Waals surface area contributed by atoms with Crippen molar-refractivity contribution in [2.24, 2.45) is 0 Å². The van der Waals surface area contributed by atoms with Crippen LogP contribution in [0.15, 0.2) is 5.51 Å². The second-order valence-corrected chi connectivity index (χ2v) is 7.55. The lowest BCUT2D eigenvalue weighted by molar-refractivity contribution is 0.166. The normalized spacial score (nSPS) is 34.1. The number of hydrogen-bond acceptors (Lipinski definition) is 4. The molecule has 3 aliphatic rings. The molecule has 2 atom stereocenters. The molecule has 104 valence electrons. The van der Waals surface area contributed by atoms with Crippen molar-refractivity contribution in [3.8, 4) is 0 Å². The highest BCUT2D eigenvalue weighted by molar-refractivity contribution is 7.09. The van der Waals surface area contributed by atoms with Gasteiger partial charge in [-0.15, -0.1) is 11.3 Å². The molecular formula is C15H23N3S. The summed E-state index contributed by atoms with van der Waals surface area (Å²) in [6.07, 6.45) is 8.18. The fourth-order valence-corrected chi connectivity index (χ4v) is 4.74. The molecule has 0 spiro atoms. The summed E-state index contributed by atoms with van der Waals surface area (Å²) < 4.78 is 0. The van der Waals surface area contributed by atoms with Crippen LogP contribution in [-0.2, 0) is 6.54 Å². The van der Waals surface area contributed by atoms with Crippen LogP contribution in [0.3, 0.4) is 0 Å². The van der Waals surface area contributed by atoms with Gasteiger partial charge in [-0.1, -0.05) is 0 Å². The quantitative estimate of drug-likeness (QED) is 0.917. The average Bonchev–Trinajstić information content (AvgIpc) is 3.07. The number of nitrogens with zero attached hydrogens (tertiary/aromatic N) is 2. The Bertz CT molecular complexity index is 442. The molecule has 3 fully saturated rings. The highest BCUT2D eigenvalue weighted by atomic mass is 32.1. The van der Waals surface area contributed by atoms with Gasteiger partial charge in [0.2, 0.25) is 0 Å². The van der Waals surface area contributed by atoms with Crippen molar-refractivity contribution >= 4 is 11.3 Å². The fraction of sp³-hybridized carbons (Fsp3) is 0.800. The van der Waals surface area contributed by atoms with E-state index < -0.39 is 0 Å². The fourth-order valence-electron chi connectivity index (χ4n) is 3.83. The minimum Gasteiger partial charge on any atom is -0.311 e. The average molecular weight is 277 g/mol. The van der Waals surface area contributed by atoms with Gasteiger partial charge in [-0.25, -0.2) is 4.98 Å². The second-order valence-electron chi connectivity index (χ2n) is 6.61. The first-order chi connectivity index (χ1) is 9.29. The van der Waals surface area contributed by atoms with Gasteiger partial charge in [-0.05, 0) is 45.6 Å². The molecule has 1 N–H and O–H groups in total. The predicted molar refractivity (Wildman–Crippen MR) is 78.5 cm³/mol. The molecule has 0 aromatic carbocycles. The number of fused-ring (bicyclic) bond motifs is 2. The van der Waals surface area contributed by atoms with Crippen molar-refractivity contribution in [1.29, 1.82) is 0 Å². The molecule has 0 radical (unpaired) electrons. The minimum atomic E-state index is 0.771. The summed E-state index contributed by atoms with van der Waals surface area (Å²) in [5.41, 5.74) is 3.46. The molecule has 3 heterocycles. The Morgan fingerprint density at radius 3 is 2.68 bits per heavy atom. The van der Waals surface area contributed by atoms with Crippen molar-refractivity contribution in [2.75, 3.05) is 7.05 Å². The van der Waals surface area contributed by atoms with E-state index in [2.05, 4.69) is 22.2 Å². The van der Waals surface area contributed by atoms with Gasteiger partial charge in [-0.2, -0.15) is 0 Å². The van der Waals surface area contributed by atoms with Crippen molar-refractivity contribution in [1.82, 2.24) is 15.2 Å². The maximum absolute atomic E-state index is 4.60. The van der Waals surface area contributed by atoms with Gasteiger partial charge in [0.05, 0.1) is 11.2 Å². The molecule has 1 aromatic heterocycles. The highest BCUT2D eigenvalue weighted by Crippen LogP contribution is 2.42. The number of aromatic nitrogens is 1. The lowest BCUT2D eigenvalue weighted by atomic mass is 9.98. The van der Waals surface area contributed by atoms with E-state index in [0.29, 0.717) is 0 Å². The zero-order valence-electron chi connectivity index (χ0n) is 11.6. The van der Waals surface area contributed by atoms with Crippen LogP contribution in [0.5, 0.6) is 0 Å². The third-order valence-corrected chi connectivity index (χ3v) is 5.93. The van der Waals surface area contributed by atoms with E-state index in [9.17, 15) is 0 Å². The number of rotatable bonds is 4. The zero-order chi connectivity index (χ0) is 12.8. The van der Waals surface area contributed by atoms with Crippen LogP contribution in [0.2, 0.25) is 0 Å². The van der Waals surface area contributed by atoms with Gasteiger partial charge in [0.15, 0.2) is 0 Å². The first-order valence-electron chi connectivity index (χ1n) is 7.68. The van der Waals surface area contributed by atoms with Gasteiger partial charge < -0.3 is 5.32 Å². The van der Waals surface area contributed by atoms with E-state index in [1.807, 2.05) is 16.8 Å². The number of nitrogens with one attached hydrogen (secondary N) is 1. The molecule has 2 saturated heterocycles. The molecule has 4 rings (SSSR count). The van der Waals surface area contributed by atoms with Crippen molar-refractivity contribution < 1.29 is 0 Å². The Morgan fingerprint density at radius 1 is 1.26 bits per heavy atom. The molecule has 2 unspecified atom stereocenters. The Morgan fingerprint density at radius 2 is 2.00 bits per heavy atom. The summed E-state index contributed by atoms with van der Waals surface area (Å²) in [6, 6.07) is 2.35. The topological polar surface area (TPSA) is 28.2 Å². The largest absolute Gasteiger partial charge is 0.311 e. The van der Waals surface area contributed by atoms with E-state index in [1.54, 1.807) is 0 Å². The monoisotopic (exact) mass is 277 g/mol. The molecule has 1 aliphatic carbocycles. The van der Waals surface area contributed by atoms with Gasteiger partial charge in [0.25, 0.3) is 0 Å². The number of hydrogen-bond donors (Lipinski definition) is 1. The maximum Gasteiger partial charge on any atom is 0.0798 e. The Labute approximate surface area is 119 Å². The number of thiazole rings is 1. The molecule has 1 saturated carbocycles. The molecule has 3 nitrogen and oxygen atoms in total. The van der Waals surface area contributed by atoms with Crippen LogP contribution in [-0.4, -0.2) is 35.1 Å². The lowest BCUT2D eigenvalue weighted by Gasteiger charge is -2.35. The van der Waals surface area contributed by atoms with Crippen LogP contribution in [0, 0.1) is 0 Å². The Balaban J connectivity index is 1.43. The summed E-state index contributed by atoms with van der Waals surface area (Å²) in [4.78, 5) is 8.71. The number of piperidine rings is 1. The molecule has 0 amide bonds. The third-order valence-electron chi connectivity index (χ3n) is 5.10. The van der Waals surface area contributed by atoms with E-state index >= 15 is 0 Å². The van der Waals surface area contributed by atoms with Crippen molar-refractivity contribution in [3.05, 3.63) is 16.1 Å². The zero-order valence-corrected chi connectivity index (χ0v) is 12.5. The smallest absolute Gasteiger partial charge is 0.0798 e. The van der Waals surface area contributed by atoms with Crippen LogP contribution >= 0.6 is 11.3 Å². The standard InChI is InChI=1S/C15H23N3S/c1-18(13-6-11-4-5-12(7-13)17-11)8-14-15(10-2-3-10)16-9-19-14/h9-13,17H,2-8H2,1H3. The van der Waals surface area contributed by atoms with Crippen molar-refractivity contribution in [2.45, 2.75) is 69.1 Å². The first-order valence-corrected chi connectivity index (χ1v) is 8.56. The van der Waals surface area contributed by atoms with E-state index in [1.165, 1.54) is 49.1 Å². The summed E-state index contributed by atoms with van der Waals surface area (Å²) >= 11 is 1.86. The predicted octanol–water partition coefficient (Wildman–Crippen LogP) is 2.74. The van der Waals surface area contributed by atoms with Crippen molar-refractivity contribution in [3.63, 3.8) is 0 Å². The molecular weight excluding hydrogens is 254 g/mol. The summed E-state index contributed by atoms with van der Waals surface area (Å²) in [5, 5.41) is 3.74. The van der Waals surface area contributed by atoms with Crippen LogP contribution in [0.1, 0.15) is 55.0 Å². The van der Waals surface area contributed by atoms with Crippen LogP contribution < -0.4 is 5.32 Å². The molecule has 1 aromatic rings. The minimum absolute atomic E-state index is 0.771. The molecule has 2 aliphatic heterocycles. The van der Waals surface area contributed by atoms with E-state index in [0.717, 1.165) is 30.6 Å². The van der Waals surface area contributed by atoms with Gasteiger partial charge in [0.1, 0.15) is 0 Å².